The second-order valence-electron chi connectivity index (χ2n) is 6.27. The van der Waals surface area contributed by atoms with Crippen LogP contribution in [0.15, 0.2) is 48.8 Å². The summed E-state index contributed by atoms with van der Waals surface area (Å²) in [6.07, 6.45) is -0.318. The van der Waals surface area contributed by atoms with Crippen LogP contribution in [0, 0.1) is 5.82 Å². The Bertz CT molecular complexity index is 973. The molecule has 0 aliphatic heterocycles. The molecule has 1 aliphatic carbocycles. The van der Waals surface area contributed by atoms with Crippen LogP contribution < -0.4 is 5.32 Å². The Morgan fingerprint density at radius 2 is 1.78 bits per heavy atom. The minimum absolute atomic E-state index is 0.0475. The molecule has 0 radical (unpaired) electrons. The first-order valence-electron chi connectivity index (χ1n) is 8.32. The molecule has 138 valence electrons. The first-order chi connectivity index (χ1) is 12.9. The van der Waals surface area contributed by atoms with Crippen LogP contribution in [0.2, 0.25) is 0 Å². The highest BCUT2D eigenvalue weighted by Gasteiger charge is 2.34. The molecule has 1 aliphatic rings. The van der Waals surface area contributed by atoms with Gasteiger partial charge < -0.3 is 5.32 Å². The van der Waals surface area contributed by atoms with Crippen molar-refractivity contribution in [1.29, 1.82) is 0 Å². The van der Waals surface area contributed by atoms with Crippen molar-refractivity contribution in [1.82, 2.24) is 15.0 Å². The van der Waals surface area contributed by atoms with Gasteiger partial charge in [0.1, 0.15) is 11.6 Å². The number of anilines is 1. The van der Waals surface area contributed by atoms with Gasteiger partial charge >= 0.3 is 6.18 Å². The lowest BCUT2D eigenvalue weighted by molar-refractivity contribution is -0.141. The Labute approximate surface area is 152 Å². The summed E-state index contributed by atoms with van der Waals surface area (Å²) in [4.78, 5) is 11.7. The van der Waals surface area contributed by atoms with Crippen LogP contribution in [0.25, 0.3) is 11.4 Å². The number of aryl methyl sites for hydroxylation is 1. The number of rotatable bonds is 3. The second kappa shape index (κ2) is 6.61. The van der Waals surface area contributed by atoms with Crippen molar-refractivity contribution in [2.24, 2.45) is 0 Å². The van der Waals surface area contributed by atoms with Crippen molar-refractivity contribution in [2.75, 3.05) is 5.32 Å². The van der Waals surface area contributed by atoms with Crippen molar-refractivity contribution in [3.63, 3.8) is 0 Å². The second-order valence-corrected chi connectivity index (χ2v) is 6.27. The standard InChI is InChI=1S/C19H14F4N4/c20-13-3-1-11-2-4-15(14(11)9-13)25-17-10-16(19(21,22)23)26-18(27-17)12-5-7-24-8-6-12/h1,3,5-10,15H,2,4H2,(H,25,26,27). The van der Waals surface area contributed by atoms with Crippen LogP contribution in [0.5, 0.6) is 0 Å². The number of fused-ring (bicyclic) bond motifs is 1. The van der Waals surface area contributed by atoms with E-state index in [1.165, 1.54) is 24.5 Å². The van der Waals surface area contributed by atoms with Gasteiger partial charge in [0.25, 0.3) is 0 Å². The van der Waals surface area contributed by atoms with Crippen molar-refractivity contribution < 1.29 is 17.6 Å². The zero-order chi connectivity index (χ0) is 19.0. The van der Waals surface area contributed by atoms with Crippen LogP contribution in [0.1, 0.15) is 29.3 Å². The Balaban J connectivity index is 1.72. The highest BCUT2D eigenvalue weighted by Crippen LogP contribution is 2.36. The van der Waals surface area contributed by atoms with Crippen molar-refractivity contribution >= 4 is 5.82 Å². The third kappa shape index (κ3) is 3.60. The number of nitrogens with one attached hydrogen (secondary N) is 1. The van der Waals surface area contributed by atoms with Crippen LogP contribution in [-0.2, 0) is 12.6 Å². The minimum atomic E-state index is -4.61. The van der Waals surface area contributed by atoms with Crippen LogP contribution >= 0.6 is 0 Å². The molecule has 0 fully saturated rings. The van der Waals surface area contributed by atoms with Gasteiger partial charge in [-0.25, -0.2) is 14.4 Å². The number of benzene rings is 1. The molecule has 3 aromatic rings. The summed E-state index contributed by atoms with van der Waals surface area (Å²) in [6, 6.07) is 8.15. The molecule has 0 saturated carbocycles. The molecular weight excluding hydrogens is 360 g/mol. The van der Waals surface area contributed by atoms with E-state index in [1.54, 1.807) is 18.2 Å². The molecule has 27 heavy (non-hydrogen) atoms. The molecule has 8 heteroatoms. The SMILES string of the molecule is Fc1ccc2c(c1)C(Nc1cc(C(F)(F)F)nc(-c3ccncc3)n1)CC2. The largest absolute Gasteiger partial charge is 0.433 e. The minimum Gasteiger partial charge on any atom is -0.363 e. The highest BCUT2D eigenvalue weighted by molar-refractivity contribution is 5.57. The molecule has 1 N–H and O–H groups in total. The van der Waals surface area contributed by atoms with Gasteiger partial charge in [0.2, 0.25) is 0 Å². The van der Waals surface area contributed by atoms with Crippen LogP contribution in [-0.4, -0.2) is 15.0 Å². The molecule has 0 spiro atoms. The van der Waals surface area contributed by atoms with E-state index in [0.717, 1.165) is 23.6 Å². The van der Waals surface area contributed by atoms with E-state index in [4.69, 9.17) is 0 Å². The topological polar surface area (TPSA) is 50.7 Å². The quantitative estimate of drug-likeness (QED) is 0.670. The number of hydrogen-bond acceptors (Lipinski definition) is 4. The molecule has 0 amide bonds. The van der Waals surface area contributed by atoms with E-state index in [1.807, 2.05) is 0 Å². The fourth-order valence-electron chi connectivity index (χ4n) is 3.20. The maximum Gasteiger partial charge on any atom is 0.433 e. The van der Waals surface area contributed by atoms with E-state index in [9.17, 15) is 17.6 Å². The Hall–Kier alpha value is -3.03. The smallest absolute Gasteiger partial charge is 0.363 e. The maximum absolute atomic E-state index is 13.6. The van der Waals surface area contributed by atoms with Gasteiger partial charge in [-0.3, -0.25) is 4.98 Å². The molecule has 1 aromatic carbocycles. The fourth-order valence-corrected chi connectivity index (χ4v) is 3.20. The number of nitrogens with zero attached hydrogens (tertiary/aromatic N) is 3. The predicted octanol–water partition coefficient (Wildman–Crippen LogP) is 4.80. The first kappa shape index (κ1) is 17.4. The Morgan fingerprint density at radius 1 is 1.00 bits per heavy atom. The van der Waals surface area contributed by atoms with E-state index in [2.05, 4.69) is 20.3 Å². The van der Waals surface area contributed by atoms with E-state index < -0.39 is 11.9 Å². The van der Waals surface area contributed by atoms with Gasteiger partial charge in [0, 0.05) is 24.0 Å². The van der Waals surface area contributed by atoms with Gasteiger partial charge in [-0.1, -0.05) is 6.07 Å². The summed E-state index contributed by atoms with van der Waals surface area (Å²) in [5, 5.41) is 3.01. The molecule has 4 nitrogen and oxygen atoms in total. The average Bonchev–Trinajstić information content (AvgIpc) is 3.03. The van der Waals surface area contributed by atoms with Crippen molar-refractivity contribution in [2.45, 2.75) is 25.1 Å². The number of halogens is 4. The molecule has 1 atom stereocenters. The third-order valence-corrected chi connectivity index (χ3v) is 4.46. The van der Waals surface area contributed by atoms with E-state index in [0.29, 0.717) is 12.0 Å². The summed E-state index contributed by atoms with van der Waals surface area (Å²) >= 11 is 0. The Kier molecular flexibility index (Phi) is 4.25. The molecule has 4 rings (SSSR count). The van der Waals surface area contributed by atoms with E-state index >= 15 is 0 Å². The average molecular weight is 374 g/mol. The summed E-state index contributed by atoms with van der Waals surface area (Å²) in [5.41, 5.74) is 1.11. The van der Waals surface area contributed by atoms with Gasteiger partial charge in [-0.15, -0.1) is 0 Å². The zero-order valence-corrected chi connectivity index (χ0v) is 14.0. The van der Waals surface area contributed by atoms with Crippen molar-refractivity contribution in [3.8, 4) is 11.4 Å². The van der Waals surface area contributed by atoms with E-state index in [-0.39, 0.29) is 23.5 Å². The number of pyridine rings is 1. The fraction of sp³-hybridized carbons (Fsp3) is 0.211. The van der Waals surface area contributed by atoms with Gasteiger partial charge in [0.05, 0.1) is 6.04 Å². The monoisotopic (exact) mass is 374 g/mol. The lowest BCUT2D eigenvalue weighted by Crippen LogP contribution is -2.14. The lowest BCUT2D eigenvalue weighted by atomic mass is 10.1. The number of alkyl halides is 3. The molecule has 0 bridgehead atoms. The molecule has 2 heterocycles. The summed E-state index contributed by atoms with van der Waals surface area (Å²) in [5.74, 6) is -0.378. The molecule has 0 saturated heterocycles. The summed E-state index contributed by atoms with van der Waals surface area (Å²) in [7, 11) is 0. The zero-order valence-electron chi connectivity index (χ0n) is 14.0. The first-order valence-corrected chi connectivity index (χ1v) is 8.32. The van der Waals surface area contributed by atoms with Gasteiger partial charge in [0.15, 0.2) is 11.5 Å². The normalized spacial score (nSPS) is 16.2. The van der Waals surface area contributed by atoms with Gasteiger partial charge in [-0.2, -0.15) is 13.2 Å². The highest BCUT2D eigenvalue weighted by atomic mass is 19.4. The number of aromatic nitrogens is 3. The Morgan fingerprint density at radius 3 is 2.52 bits per heavy atom. The van der Waals surface area contributed by atoms with Crippen molar-refractivity contribution in [3.05, 3.63) is 71.4 Å². The summed E-state index contributed by atoms with van der Waals surface area (Å²) < 4.78 is 53.4. The maximum atomic E-state index is 13.6. The lowest BCUT2D eigenvalue weighted by Gasteiger charge is -2.17. The van der Waals surface area contributed by atoms with Crippen LogP contribution in [0.4, 0.5) is 23.4 Å². The van der Waals surface area contributed by atoms with Gasteiger partial charge in [-0.05, 0) is 48.2 Å². The molecule has 2 aromatic heterocycles. The molecular formula is C19H14F4N4. The molecule has 1 unspecified atom stereocenters. The predicted molar refractivity (Wildman–Crippen MR) is 91.3 cm³/mol. The van der Waals surface area contributed by atoms with Crippen LogP contribution in [0.3, 0.4) is 0 Å². The number of hydrogen-bond donors (Lipinski definition) is 1. The third-order valence-electron chi connectivity index (χ3n) is 4.46. The summed E-state index contributed by atoms with van der Waals surface area (Å²) in [6.45, 7) is 0.